The summed E-state index contributed by atoms with van der Waals surface area (Å²) < 4.78 is 2.30. The molecule has 86 valence electrons. The van der Waals surface area contributed by atoms with Crippen molar-refractivity contribution in [1.29, 1.82) is 0 Å². The van der Waals surface area contributed by atoms with Gasteiger partial charge in [-0.05, 0) is 56.4 Å². The van der Waals surface area contributed by atoms with Gasteiger partial charge in [0.2, 0.25) is 0 Å². The molecular weight excluding hydrogens is 370 g/mol. The van der Waals surface area contributed by atoms with Crippen LogP contribution in [0.3, 0.4) is 0 Å². The van der Waals surface area contributed by atoms with Crippen LogP contribution in [0, 0.1) is 0 Å². The molecule has 1 N–H and O–H groups in total. The minimum Gasteiger partial charge on any atom is -0.312 e. The molecule has 0 aliphatic rings. The van der Waals surface area contributed by atoms with Gasteiger partial charge in [0.05, 0.1) is 3.79 Å². The van der Waals surface area contributed by atoms with E-state index in [0.717, 1.165) is 14.7 Å². The molecule has 0 saturated heterocycles. The Bertz CT molecular complexity index is 431. The van der Waals surface area contributed by atoms with Crippen LogP contribution < -0.4 is 5.32 Å². The van der Waals surface area contributed by atoms with Gasteiger partial charge in [0.1, 0.15) is 0 Å². The van der Waals surface area contributed by atoms with Crippen LogP contribution in [-0.2, 0) is 6.42 Å². The molecule has 0 saturated carbocycles. The maximum Gasteiger partial charge on any atom is 0.0843 e. The zero-order valence-electron chi connectivity index (χ0n) is 8.67. The number of thiophene rings is 2. The van der Waals surface area contributed by atoms with Gasteiger partial charge in [-0.25, -0.2) is 0 Å². The van der Waals surface area contributed by atoms with Crippen molar-refractivity contribution in [3.05, 3.63) is 41.6 Å². The Morgan fingerprint density at radius 3 is 2.75 bits per heavy atom. The predicted octanol–water partition coefficient (Wildman–Crippen LogP) is 4.84. The predicted molar refractivity (Wildman–Crippen MR) is 79.5 cm³/mol. The van der Waals surface area contributed by atoms with Crippen molar-refractivity contribution in [3.63, 3.8) is 0 Å². The van der Waals surface area contributed by atoms with E-state index in [1.807, 2.05) is 18.4 Å². The van der Waals surface area contributed by atoms with E-state index in [-0.39, 0.29) is 0 Å². The minimum atomic E-state index is 0.395. The van der Waals surface area contributed by atoms with Crippen molar-refractivity contribution in [3.8, 4) is 0 Å². The van der Waals surface area contributed by atoms with E-state index < -0.39 is 0 Å². The monoisotopic (exact) mass is 379 g/mol. The van der Waals surface area contributed by atoms with Crippen LogP contribution in [0.4, 0.5) is 0 Å². The van der Waals surface area contributed by atoms with Crippen LogP contribution in [-0.4, -0.2) is 7.05 Å². The highest BCUT2D eigenvalue weighted by molar-refractivity contribution is 9.13. The molecule has 16 heavy (non-hydrogen) atoms. The number of hydrogen-bond donors (Lipinski definition) is 1. The summed E-state index contributed by atoms with van der Waals surface area (Å²) in [7, 11) is 2.01. The summed E-state index contributed by atoms with van der Waals surface area (Å²) in [6.07, 6.45) is 1.05. The Labute approximate surface area is 120 Å². The van der Waals surface area contributed by atoms with Gasteiger partial charge in [0, 0.05) is 26.7 Å². The van der Waals surface area contributed by atoms with Crippen LogP contribution in [0.25, 0.3) is 0 Å². The Balaban J connectivity index is 2.16. The molecule has 0 aliphatic carbocycles. The number of likely N-dealkylation sites (N-methyl/N-ethyl adjacent to an activating group) is 1. The average molecular weight is 381 g/mol. The second-order valence-electron chi connectivity index (χ2n) is 3.40. The van der Waals surface area contributed by atoms with Crippen molar-refractivity contribution in [2.45, 2.75) is 12.5 Å². The lowest BCUT2D eigenvalue weighted by molar-refractivity contribution is 0.607. The Morgan fingerprint density at radius 1 is 1.44 bits per heavy atom. The molecule has 2 aromatic rings. The van der Waals surface area contributed by atoms with Crippen LogP contribution in [0.1, 0.15) is 15.8 Å². The van der Waals surface area contributed by atoms with Gasteiger partial charge in [-0.1, -0.05) is 6.07 Å². The molecule has 1 unspecified atom stereocenters. The van der Waals surface area contributed by atoms with Crippen molar-refractivity contribution in [1.82, 2.24) is 5.32 Å². The van der Waals surface area contributed by atoms with E-state index in [1.54, 1.807) is 11.3 Å². The highest BCUT2D eigenvalue weighted by atomic mass is 79.9. The molecule has 0 spiro atoms. The number of halogens is 2. The molecular formula is C11H11Br2NS2. The van der Waals surface area contributed by atoms with Crippen LogP contribution in [0.2, 0.25) is 0 Å². The topological polar surface area (TPSA) is 12.0 Å². The van der Waals surface area contributed by atoms with Gasteiger partial charge in [-0.15, -0.1) is 22.7 Å². The molecule has 1 nitrogen and oxygen atoms in total. The summed E-state index contributed by atoms with van der Waals surface area (Å²) in [5.41, 5.74) is 0. The van der Waals surface area contributed by atoms with Gasteiger partial charge in [0.25, 0.3) is 0 Å². The minimum absolute atomic E-state index is 0.395. The summed E-state index contributed by atoms with van der Waals surface area (Å²) in [5, 5.41) is 5.50. The van der Waals surface area contributed by atoms with Crippen LogP contribution in [0.15, 0.2) is 31.8 Å². The Morgan fingerprint density at radius 2 is 2.25 bits per heavy atom. The summed E-state index contributed by atoms with van der Waals surface area (Å²) >= 11 is 10.7. The first-order chi connectivity index (χ1) is 7.70. The Hall–Kier alpha value is 0.320. The number of rotatable bonds is 4. The van der Waals surface area contributed by atoms with Crippen molar-refractivity contribution in [2.24, 2.45) is 0 Å². The zero-order chi connectivity index (χ0) is 11.5. The van der Waals surface area contributed by atoms with Gasteiger partial charge in [-0.2, -0.15) is 0 Å². The lowest BCUT2D eigenvalue weighted by atomic mass is 10.1. The molecule has 0 radical (unpaired) electrons. The fraction of sp³-hybridized carbons (Fsp3) is 0.273. The number of nitrogens with one attached hydrogen (secondary N) is 1. The van der Waals surface area contributed by atoms with Gasteiger partial charge in [-0.3, -0.25) is 0 Å². The second kappa shape index (κ2) is 5.78. The molecule has 0 aromatic carbocycles. The van der Waals surface area contributed by atoms with E-state index >= 15 is 0 Å². The van der Waals surface area contributed by atoms with Gasteiger partial charge < -0.3 is 5.32 Å². The molecule has 2 heterocycles. The first-order valence-electron chi connectivity index (χ1n) is 4.85. The van der Waals surface area contributed by atoms with E-state index in [2.05, 4.69) is 60.8 Å². The zero-order valence-corrected chi connectivity index (χ0v) is 13.5. The largest absolute Gasteiger partial charge is 0.312 e. The highest BCUT2D eigenvalue weighted by Gasteiger charge is 2.15. The smallest absolute Gasteiger partial charge is 0.0843 e. The van der Waals surface area contributed by atoms with Crippen LogP contribution >= 0.6 is 54.5 Å². The van der Waals surface area contributed by atoms with E-state index in [1.165, 1.54) is 9.75 Å². The summed E-state index contributed by atoms with van der Waals surface area (Å²) in [6, 6.07) is 6.87. The second-order valence-corrected chi connectivity index (χ2v) is 7.68. The third-order valence-corrected chi connectivity index (χ3v) is 6.61. The molecule has 2 rings (SSSR count). The molecule has 0 fully saturated rings. The van der Waals surface area contributed by atoms with Crippen molar-refractivity contribution < 1.29 is 0 Å². The van der Waals surface area contributed by atoms with Gasteiger partial charge >= 0.3 is 0 Å². The Kier molecular flexibility index (Phi) is 4.61. The maximum atomic E-state index is 3.54. The average Bonchev–Trinajstić information content (AvgIpc) is 2.86. The maximum absolute atomic E-state index is 3.54. The van der Waals surface area contributed by atoms with Gasteiger partial charge in [0.15, 0.2) is 0 Å². The third kappa shape index (κ3) is 2.96. The third-order valence-electron chi connectivity index (χ3n) is 2.34. The fourth-order valence-corrected chi connectivity index (χ4v) is 4.46. The highest BCUT2D eigenvalue weighted by Crippen LogP contribution is 2.36. The quantitative estimate of drug-likeness (QED) is 0.800. The first kappa shape index (κ1) is 12.8. The molecule has 5 heteroatoms. The first-order valence-corrected chi connectivity index (χ1v) is 8.13. The van der Waals surface area contributed by atoms with E-state index in [0.29, 0.717) is 6.04 Å². The normalized spacial score (nSPS) is 12.9. The standard InChI is InChI=1S/C11H11Br2NS2/c1-14-9(5-7-3-2-4-15-7)10-6-8(12)11(13)16-10/h2-4,6,9,14H,5H2,1H3. The van der Waals surface area contributed by atoms with Crippen molar-refractivity contribution in [2.75, 3.05) is 7.05 Å². The lowest BCUT2D eigenvalue weighted by Gasteiger charge is -2.12. The molecule has 0 aliphatic heterocycles. The SMILES string of the molecule is CNC(Cc1cccs1)c1cc(Br)c(Br)s1. The number of hydrogen-bond acceptors (Lipinski definition) is 3. The molecule has 1 atom stereocenters. The van der Waals surface area contributed by atoms with Crippen LogP contribution in [0.5, 0.6) is 0 Å². The summed E-state index contributed by atoms with van der Waals surface area (Å²) in [5.74, 6) is 0. The molecule has 2 aromatic heterocycles. The van der Waals surface area contributed by atoms with E-state index in [4.69, 9.17) is 0 Å². The molecule has 0 amide bonds. The molecule has 0 bridgehead atoms. The summed E-state index contributed by atoms with van der Waals surface area (Å²) in [4.78, 5) is 2.77. The van der Waals surface area contributed by atoms with E-state index in [9.17, 15) is 0 Å². The fourth-order valence-electron chi connectivity index (χ4n) is 1.51. The van der Waals surface area contributed by atoms with Crippen molar-refractivity contribution >= 4 is 54.5 Å². The summed E-state index contributed by atoms with van der Waals surface area (Å²) in [6.45, 7) is 0. The lowest BCUT2D eigenvalue weighted by Crippen LogP contribution is -2.17.